The maximum absolute atomic E-state index is 13.3. The molecule has 3 amide bonds. The number of amides is 3. The lowest BCUT2D eigenvalue weighted by atomic mass is 9.91. The summed E-state index contributed by atoms with van der Waals surface area (Å²) in [5.74, 6) is -0.481. The zero-order valence-corrected chi connectivity index (χ0v) is 21.9. The van der Waals surface area contributed by atoms with Gasteiger partial charge in [-0.2, -0.15) is 0 Å². The van der Waals surface area contributed by atoms with E-state index in [0.717, 1.165) is 22.2 Å². The molecule has 1 saturated heterocycles. The highest BCUT2D eigenvalue weighted by molar-refractivity contribution is 6.07. The van der Waals surface area contributed by atoms with Gasteiger partial charge in [0.05, 0.1) is 17.0 Å². The summed E-state index contributed by atoms with van der Waals surface area (Å²) >= 11 is 0. The monoisotopic (exact) mass is 525 g/mol. The van der Waals surface area contributed by atoms with E-state index in [0.29, 0.717) is 24.5 Å². The van der Waals surface area contributed by atoms with Crippen LogP contribution >= 0.6 is 0 Å². The molecule has 0 spiro atoms. The second-order valence-corrected chi connectivity index (χ2v) is 9.95. The molecule has 39 heavy (non-hydrogen) atoms. The molecule has 2 atom stereocenters. The van der Waals surface area contributed by atoms with Gasteiger partial charge < -0.3 is 20.4 Å². The van der Waals surface area contributed by atoms with Crippen molar-refractivity contribution in [2.24, 2.45) is 5.92 Å². The Balaban J connectivity index is 1.15. The van der Waals surface area contributed by atoms with Gasteiger partial charge in [0.2, 0.25) is 5.95 Å². The zero-order chi connectivity index (χ0) is 27.4. The van der Waals surface area contributed by atoms with Crippen LogP contribution in [-0.2, 0) is 33.0 Å². The van der Waals surface area contributed by atoms with Gasteiger partial charge in [-0.05, 0) is 42.2 Å². The molecular weight excluding hydrogens is 494 g/mol. The van der Waals surface area contributed by atoms with Crippen LogP contribution in [0.5, 0.6) is 0 Å². The number of benzene rings is 3. The second-order valence-electron chi connectivity index (χ2n) is 9.95. The van der Waals surface area contributed by atoms with Gasteiger partial charge in [-0.1, -0.05) is 73.7 Å². The van der Waals surface area contributed by atoms with Gasteiger partial charge in [0.25, 0.3) is 5.91 Å². The summed E-state index contributed by atoms with van der Waals surface area (Å²) in [4.78, 5) is 47.4. The lowest BCUT2D eigenvalue weighted by molar-refractivity contribution is -0.150. The van der Waals surface area contributed by atoms with Gasteiger partial charge in [-0.25, -0.2) is 9.78 Å². The normalized spacial score (nSPS) is 17.7. The number of urea groups is 1. The van der Waals surface area contributed by atoms with Gasteiger partial charge in [-0.3, -0.25) is 14.5 Å². The molecule has 1 aromatic heterocycles. The Kier molecular flexibility index (Phi) is 7.31. The van der Waals surface area contributed by atoms with Crippen LogP contribution in [0.2, 0.25) is 0 Å². The van der Waals surface area contributed by atoms with E-state index in [9.17, 15) is 14.4 Å². The molecule has 1 aliphatic heterocycles. The van der Waals surface area contributed by atoms with Crippen LogP contribution in [0.3, 0.4) is 0 Å². The molecule has 0 saturated carbocycles. The minimum absolute atomic E-state index is 0.126. The molecule has 4 aromatic rings. The molecule has 0 bridgehead atoms. The number of aromatic amines is 1. The SMILES string of the molecule is CC(CCN1C(=O)NC(C)(c2ccc(CNc3nc4ccccc4[nH]3)cc2)C1=O)C(=O)OCc1ccccc1. The van der Waals surface area contributed by atoms with Crippen molar-refractivity contribution in [3.63, 3.8) is 0 Å². The van der Waals surface area contributed by atoms with E-state index in [1.165, 1.54) is 4.90 Å². The number of imidazole rings is 1. The van der Waals surface area contributed by atoms with Crippen molar-refractivity contribution >= 4 is 34.9 Å². The standard InChI is InChI=1S/C30H31N5O4/c1-20(26(36)39-19-22-8-4-3-5-9-22)16-17-35-27(37)30(2,34-29(35)38)23-14-12-21(13-15-23)18-31-28-32-24-10-6-7-11-25(24)33-28/h3-15,20H,16-19H2,1-2H3,(H,34,38)(H2,31,32,33). The molecule has 9 nitrogen and oxygen atoms in total. The van der Waals surface area contributed by atoms with Gasteiger partial charge in [0, 0.05) is 13.1 Å². The largest absolute Gasteiger partial charge is 0.461 e. The molecule has 1 aliphatic rings. The number of nitrogens with one attached hydrogen (secondary N) is 3. The Morgan fingerprint density at radius 1 is 1.00 bits per heavy atom. The summed E-state index contributed by atoms with van der Waals surface area (Å²) in [5, 5.41) is 6.11. The average Bonchev–Trinajstić information content (AvgIpc) is 3.47. The van der Waals surface area contributed by atoms with Crippen molar-refractivity contribution in [3.8, 4) is 0 Å². The molecular formula is C30H31N5O4. The number of carbonyl (C=O) groups excluding carboxylic acids is 3. The van der Waals surface area contributed by atoms with Crippen LogP contribution in [0.15, 0.2) is 78.9 Å². The number of hydrogen-bond donors (Lipinski definition) is 3. The molecule has 9 heteroatoms. The lowest BCUT2D eigenvalue weighted by Crippen LogP contribution is -2.41. The Labute approximate surface area is 226 Å². The van der Waals surface area contributed by atoms with Gasteiger partial charge in [0.1, 0.15) is 12.1 Å². The van der Waals surface area contributed by atoms with Crippen LogP contribution in [0.4, 0.5) is 10.7 Å². The first-order valence-corrected chi connectivity index (χ1v) is 13.0. The van der Waals surface area contributed by atoms with Crippen LogP contribution in [0.25, 0.3) is 11.0 Å². The molecule has 1 fully saturated rings. The molecule has 2 heterocycles. The van der Waals surface area contributed by atoms with Crippen LogP contribution in [0.1, 0.15) is 37.0 Å². The second kappa shape index (κ2) is 11.0. The number of hydrogen-bond acceptors (Lipinski definition) is 6. The number of anilines is 1. The first-order valence-electron chi connectivity index (χ1n) is 13.0. The number of imide groups is 1. The Bertz CT molecular complexity index is 1450. The van der Waals surface area contributed by atoms with Crippen molar-refractivity contribution in [1.82, 2.24) is 20.2 Å². The first kappa shape index (κ1) is 26.0. The highest BCUT2D eigenvalue weighted by atomic mass is 16.5. The Morgan fingerprint density at radius 2 is 1.72 bits per heavy atom. The Morgan fingerprint density at radius 3 is 2.46 bits per heavy atom. The summed E-state index contributed by atoms with van der Waals surface area (Å²) < 4.78 is 5.39. The van der Waals surface area contributed by atoms with Crippen molar-refractivity contribution < 1.29 is 19.1 Å². The predicted octanol–water partition coefficient (Wildman–Crippen LogP) is 4.71. The fourth-order valence-corrected chi connectivity index (χ4v) is 4.59. The van der Waals surface area contributed by atoms with E-state index in [4.69, 9.17) is 4.74 Å². The maximum Gasteiger partial charge on any atom is 0.325 e. The predicted molar refractivity (Wildman–Crippen MR) is 147 cm³/mol. The molecule has 0 radical (unpaired) electrons. The number of aromatic nitrogens is 2. The van der Waals surface area contributed by atoms with Crippen molar-refractivity contribution in [1.29, 1.82) is 0 Å². The molecule has 200 valence electrons. The summed E-state index contributed by atoms with van der Waals surface area (Å²) in [6, 6.07) is 24.3. The highest BCUT2D eigenvalue weighted by Crippen LogP contribution is 2.29. The molecule has 0 aliphatic carbocycles. The lowest BCUT2D eigenvalue weighted by Gasteiger charge is -2.23. The third-order valence-corrected chi connectivity index (χ3v) is 7.07. The fourth-order valence-electron chi connectivity index (χ4n) is 4.59. The van der Waals surface area contributed by atoms with E-state index >= 15 is 0 Å². The third-order valence-electron chi connectivity index (χ3n) is 7.07. The topological polar surface area (TPSA) is 116 Å². The number of nitrogens with zero attached hydrogens (tertiary/aromatic N) is 2. The molecule has 5 rings (SSSR count). The zero-order valence-electron chi connectivity index (χ0n) is 21.9. The van der Waals surface area contributed by atoms with Gasteiger partial charge >= 0.3 is 12.0 Å². The van der Waals surface area contributed by atoms with E-state index in [2.05, 4.69) is 20.6 Å². The molecule has 2 unspecified atom stereocenters. The first-order chi connectivity index (χ1) is 18.8. The fraction of sp³-hybridized carbons (Fsp3) is 0.267. The van der Waals surface area contributed by atoms with E-state index in [1.54, 1.807) is 13.8 Å². The summed E-state index contributed by atoms with van der Waals surface area (Å²) in [7, 11) is 0. The van der Waals surface area contributed by atoms with Gasteiger partial charge in [0.15, 0.2) is 0 Å². The Hall–Kier alpha value is -4.66. The third kappa shape index (κ3) is 5.62. The molecule has 3 aromatic carbocycles. The number of fused-ring (bicyclic) bond motifs is 1. The molecule has 3 N–H and O–H groups in total. The number of rotatable bonds is 10. The summed E-state index contributed by atoms with van der Waals surface area (Å²) in [6.07, 6.45) is 0.315. The van der Waals surface area contributed by atoms with Gasteiger partial charge in [-0.15, -0.1) is 0 Å². The summed E-state index contributed by atoms with van der Waals surface area (Å²) in [5.41, 5.74) is 3.26. The number of carbonyl (C=O) groups is 3. The smallest absolute Gasteiger partial charge is 0.325 e. The average molecular weight is 526 g/mol. The summed E-state index contributed by atoms with van der Waals surface area (Å²) in [6.45, 7) is 4.30. The number of ether oxygens (including phenoxy) is 1. The van der Waals surface area contributed by atoms with Crippen LogP contribution < -0.4 is 10.6 Å². The van der Waals surface area contributed by atoms with Crippen LogP contribution in [-0.4, -0.2) is 39.3 Å². The van der Waals surface area contributed by atoms with Crippen LogP contribution in [0, 0.1) is 5.92 Å². The minimum Gasteiger partial charge on any atom is -0.461 e. The number of esters is 1. The van der Waals surface area contributed by atoms with Crippen molar-refractivity contribution in [2.75, 3.05) is 11.9 Å². The maximum atomic E-state index is 13.3. The van der Waals surface area contributed by atoms with Crippen molar-refractivity contribution in [3.05, 3.63) is 95.6 Å². The number of H-pyrrole nitrogens is 1. The quantitative estimate of drug-likeness (QED) is 0.204. The highest BCUT2D eigenvalue weighted by Gasteiger charge is 2.48. The number of para-hydroxylation sites is 2. The minimum atomic E-state index is -1.18. The van der Waals surface area contributed by atoms with E-state index in [-0.39, 0.29) is 25.0 Å². The van der Waals surface area contributed by atoms with E-state index in [1.807, 2.05) is 78.9 Å². The van der Waals surface area contributed by atoms with E-state index < -0.39 is 17.5 Å². The van der Waals surface area contributed by atoms with Crippen molar-refractivity contribution in [2.45, 2.75) is 39.0 Å².